The highest BCUT2D eigenvalue weighted by atomic mass is 16.5. The van der Waals surface area contributed by atoms with Gasteiger partial charge in [0.25, 0.3) is 5.91 Å². The minimum atomic E-state index is -0.385. The Hall–Kier alpha value is -3.39. The SMILES string of the molecule is COc1cccc(-c2nccnc2C2CN(C(=O)c3cnccn3)CCO2)c1. The van der Waals surface area contributed by atoms with Gasteiger partial charge in [-0.1, -0.05) is 12.1 Å². The van der Waals surface area contributed by atoms with Crippen molar-refractivity contribution in [3.05, 3.63) is 66.6 Å². The maximum atomic E-state index is 12.7. The summed E-state index contributed by atoms with van der Waals surface area (Å²) in [6.45, 7) is 1.26. The normalized spacial score (nSPS) is 16.6. The molecule has 1 atom stereocenters. The van der Waals surface area contributed by atoms with E-state index in [4.69, 9.17) is 9.47 Å². The molecule has 0 bridgehead atoms. The summed E-state index contributed by atoms with van der Waals surface area (Å²) in [7, 11) is 1.62. The van der Waals surface area contributed by atoms with Crippen molar-refractivity contribution in [2.45, 2.75) is 6.10 Å². The van der Waals surface area contributed by atoms with Crippen molar-refractivity contribution in [2.24, 2.45) is 0 Å². The molecule has 1 amide bonds. The fourth-order valence-corrected chi connectivity index (χ4v) is 3.15. The molecule has 3 aromatic rings. The van der Waals surface area contributed by atoms with Crippen LogP contribution in [0.25, 0.3) is 11.3 Å². The van der Waals surface area contributed by atoms with E-state index in [1.54, 1.807) is 30.6 Å². The van der Waals surface area contributed by atoms with Crippen LogP contribution >= 0.6 is 0 Å². The van der Waals surface area contributed by atoms with Crippen LogP contribution < -0.4 is 4.74 Å². The van der Waals surface area contributed by atoms with Crippen molar-refractivity contribution >= 4 is 5.91 Å². The Balaban J connectivity index is 1.62. The van der Waals surface area contributed by atoms with Crippen molar-refractivity contribution in [1.82, 2.24) is 24.8 Å². The largest absolute Gasteiger partial charge is 0.497 e. The molecule has 0 spiro atoms. The fraction of sp³-hybridized carbons (Fsp3) is 0.250. The number of carbonyl (C=O) groups excluding carboxylic acids is 1. The lowest BCUT2D eigenvalue weighted by Gasteiger charge is -2.32. The van der Waals surface area contributed by atoms with Crippen LogP contribution in [0, 0.1) is 0 Å². The van der Waals surface area contributed by atoms with Crippen LogP contribution in [0.3, 0.4) is 0 Å². The van der Waals surface area contributed by atoms with E-state index < -0.39 is 0 Å². The maximum absolute atomic E-state index is 12.7. The zero-order valence-corrected chi connectivity index (χ0v) is 15.4. The third-order valence-electron chi connectivity index (χ3n) is 4.51. The topological polar surface area (TPSA) is 90.3 Å². The number of hydrogen-bond acceptors (Lipinski definition) is 7. The standard InChI is InChI=1S/C20H19N5O3/c1-27-15-4-2-3-14(11-15)18-19(24-8-7-23-18)17-13-25(9-10-28-17)20(26)16-12-21-5-6-22-16/h2-8,11-12,17H,9-10,13H2,1H3. The molecule has 0 saturated carbocycles. The zero-order chi connectivity index (χ0) is 19.3. The van der Waals surface area contributed by atoms with Crippen LogP contribution in [-0.4, -0.2) is 57.5 Å². The number of morpholine rings is 1. The van der Waals surface area contributed by atoms with Gasteiger partial charge in [-0.3, -0.25) is 19.7 Å². The van der Waals surface area contributed by atoms with Gasteiger partial charge in [-0.15, -0.1) is 0 Å². The van der Waals surface area contributed by atoms with Gasteiger partial charge in [-0.2, -0.15) is 0 Å². The molecule has 28 heavy (non-hydrogen) atoms. The van der Waals surface area contributed by atoms with E-state index in [-0.39, 0.29) is 12.0 Å². The molecule has 4 rings (SSSR count). The number of benzene rings is 1. The number of carbonyl (C=O) groups is 1. The van der Waals surface area contributed by atoms with Crippen molar-refractivity contribution in [1.29, 1.82) is 0 Å². The molecule has 1 aliphatic heterocycles. The quantitative estimate of drug-likeness (QED) is 0.688. The Bertz CT molecular complexity index is 967. The van der Waals surface area contributed by atoms with E-state index in [9.17, 15) is 4.79 Å². The van der Waals surface area contributed by atoms with E-state index in [1.807, 2.05) is 24.3 Å². The molecule has 0 aliphatic carbocycles. The van der Waals surface area contributed by atoms with Crippen LogP contribution in [0.2, 0.25) is 0 Å². The summed E-state index contributed by atoms with van der Waals surface area (Å²) in [4.78, 5) is 31.5. The van der Waals surface area contributed by atoms with Gasteiger partial charge >= 0.3 is 0 Å². The predicted octanol–water partition coefficient (Wildman–Crippen LogP) is 2.16. The first-order valence-corrected chi connectivity index (χ1v) is 8.88. The molecule has 2 aromatic heterocycles. The third-order valence-corrected chi connectivity index (χ3v) is 4.51. The van der Waals surface area contributed by atoms with E-state index in [0.29, 0.717) is 36.8 Å². The lowest BCUT2D eigenvalue weighted by Crippen LogP contribution is -2.43. The van der Waals surface area contributed by atoms with Gasteiger partial charge in [0, 0.05) is 36.9 Å². The first-order valence-electron chi connectivity index (χ1n) is 8.88. The smallest absolute Gasteiger partial charge is 0.274 e. The molecular weight excluding hydrogens is 358 g/mol. The number of nitrogens with zero attached hydrogens (tertiary/aromatic N) is 5. The number of rotatable bonds is 4. The van der Waals surface area contributed by atoms with Gasteiger partial charge in [0.15, 0.2) is 0 Å². The summed E-state index contributed by atoms with van der Waals surface area (Å²) in [5.41, 5.74) is 2.59. The van der Waals surface area contributed by atoms with Crippen LogP contribution in [0.5, 0.6) is 5.75 Å². The zero-order valence-electron chi connectivity index (χ0n) is 15.4. The molecular formula is C20H19N5O3. The number of hydrogen-bond donors (Lipinski definition) is 0. The van der Waals surface area contributed by atoms with Gasteiger partial charge in [0.2, 0.25) is 0 Å². The van der Waals surface area contributed by atoms with Gasteiger partial charge < -0.3 is 14.4 Å². The average Bonchev–Trinajstić information content (AvgIpc) is 2.79. The second-order valence-electron chi connectivity index (χ2n) is 6.22. The highest BCUT2D eigenvalue weighted by Crippen LogP contribution is 2.30. The molecule has 3 heterocycles. The van der Waals surface area contributed by atoms with Gasteiger partial charge in [0.1, 0.15) is 17.5 Å². The van der Waals surface area contributed by atoms with E-state index in [1.165, 1.54) is 12.4 Å². The Morgan fingerprint density at radius 1 is 1.18 bits per heavy atom. The summed E-state index contributed by atoms with van der Waals surface area (Å²) in [6.07, 6.45) is 7.41. The highest BCUT2D eigenvalue weighted by Gasteiger charge is 2.29. The van der Waals surface area contributed by atoms with E-state index >= 15 is 0 Å². The Morgan fingerprint density at radius 2 is 2.04 bits per heavy atom. The molecule has 0 N–H and O–H groups in total. The summed E-state index contributed by atoms with van der Waals surface area (Å²) in [6, 6.07) is 7.62. The minimum absolute atomic E-state index is 0.173. The molecule has 8 nitrogen and oxygen atoms in total. The van der Waals surface area contributed by atoms with Crippen LogP contribution in [0.1, 0.15) is 22.3 Å². The predicted molar refractivity (Wildman–Crippen MR) is 101 cm³/mol. The molecule has 1 fully saturated rings. The van der Waals surface area contributed by atoms with Gasteiger partial charge in [-0.05, 0) is 12.1 Å². The molecule has 1 unspecified atom stereocenters. The number of ether oxygens (including phenoxy) is 2. The Kier molecular flexibility index (Phi) is 5.20. The summed E-state index contributed by atoms with van der Waals surface area (Å²) >= 11 is 0. The monoisotopic (exact) mass is 377 g/mol. The summed E-state index contributed by atoms with van der Waals surface area (Å²) in [5, 5.41) is 0. The van der Waals surface area contributed by atoms with Crippen molar-refractivity contribution in [2.75, 3.05) is 26.8 Å². The summed E-state index contributed by atoms with van der Waals surface area (Å²) in [5.74, 6) is 0.561. The third kappa shape index (κ3) is 3.67. The molecule has 142 valence electrons. The van der Waals surface area contributed by atoms with Crippen LogP contribution in [-0.2, 0) is 4.74 Å². The Labute approximate surface area is 162 Å². The molecule has 1 aliphatic rings. The lowest BCUT2D eigenvalue weighted by molar-refractivity contribution is -0.0248. The highest BCUT2D eigenvalue weighted by molar-refractivity contribution is 5.92. The van der Waals surface area contributed by atoms with E-state index in [0.717, 1.165) is 11.3 Å². The average molecular weight is 377 g/mol. The first kappa shape index (κ1) is 18.0. The van der Waals surface area contributed by atoms with Gasteiger partial charge in [-0.25, -0.2) is 4.98 Å². The van der Waals surface area contributed by atoms with Gasteiger partial charge in [0.05, 0.1) is 37.8 Å². The molecule has 0 radical (unpaired) electrons. The fourth-order valence-electron chi connectivity index (χ4n) is 3.15. The van der Waals surface area contributed by atoms with E-state index in [2.05, 4.69) is 19.9 Å². The van der Waals surface area contributed by atoms with Crippen molar-refractivity contribution in [3.8, 4) is 17.0 Å². The van der Waals surface area contributed by atoms with Crippen molar-refractivity contribution in [3.63, 3.8) is 0 Å². The molecule has 1 saturated heterocycles. The second kappa shape index (κ2) is 8.10. The molecule has 1 aromatic carbocycles. The summed E-state index contributed by atoms with van der Waals surface area (Å²) < 4.78 is 11.2. The molecule has 8 heteroatoms. The Morgan fingerprint density at radius 3 is 2.86 bits per heavy atom. The number of methoxy groups -OCH3 is 1. The van der Waals surface area contributed by atoms with Crippen molar-refractivity contribution < 1.29 is 14.3 Å². The first-order chi connectivity index (χ1) is 13.8. The second-order valence-corrected chi connectivity index (χ2v) is 6.22. The number of amides is 1. The maximum Gasteiger partial charge on any atom is 0.274 e. The number of aromatic nitrogens is 4. The van der Waals surface area contributed by atoms with Crippen LogP contribution in [0.15, 0.2) is 55.2 Å². The minimum Gasteiger partial charge on any atom is -0.497 e. The lowest BCUT2D eigenvalue weighted by atomic mass is 10.0. The van der Waals surface area contributed by atoms with Crippen LogP contribution in [0.4, 0.5) is 0 Å².